The minimum Gasteiger partial charge on any atom is -0.354 e. The Bertz CT molecular complexity index is 778. The van der Waals surface area contributed by atoms with Crippen molar-refractivity contribution in [3.63, 3.8) is 0 Å². The normalized spacial score (nSPS) is 10.7. The first-order valence-electron chi connectivity index (χ1n) is 6.06. The summed E-state index contributed by atoms with van der Waals surface area (Å²) >= 11 is 3.39. The number of fused-ring (bicyclic) bond motifs is 1. The van der Waals surface area contributed by atoms with Crippen molar-refractivity contribution in [3.05, 3.63) is 58.1 Å². The van der Waals surface area contributed by atoms with Crippen LogP contribution in [0.1, 0.15) is 15.9 Å². The number of hydrogen-bond donors (Lipinski definition) is 1. The van der Waals surface area contributed by atoms with E-state index < -0.39 is 0 Å². The van der Waals surface area contributed by atoms with Crippen LogP contribution >= 0.6 is 15.9 Å². The number of aryl methyl sites for hydroxylation is 1. The number of nitrogens with one attached hydrogen (secondary N) is 1. The van der Waals surface area contributed by atoms with Crippen LogP contribution in [0.2, 0.25) is 0 Å². The summed E-state index contributed by atoms with van der Waals surface area (Å²) in [4.78, 5) is 12.1. The average molecular weight is 331 g/mol. The van der Waals surface area contributed by atoms with Crippen LogP contribution in [0.15, 0.2) is 51.5 Å². The van der Waals surface area contributed by atoms with Crippen LogP contribution in [0.25, 0.3) is 11.0 Å². The Morgan fingerprint density at radius 1 is 1.20 bits per heavy atom. The maximum absolute atomic E-state index is 12.1. The maximum atomic E-state index is 12.1. The van der Waals surface area contributed by atoms with E-state index in [9.17, 15) is 4.79 Å². The molecular weight excluding hydrogens is 320 g/mol. The molecule has 0 unspecified atom stereocenters. The van der Waals surface area contributed by atoms with Crippen LogP contribution in [0, 0.1) is 6.92 Å². The van der Waals surface area contributed by atoms with E-state index in [1.807, 2.05) is 31.2 Å². The highest BCUT2D eigenvalue weighted by molar-refractivity contribution is 9.10. The summed E-state index contributed by atoms with van der Waals surface area (Å²) in [6.07, 6.45) is 0. The van der Waals surface area contributed by atoms with Crippen LogP contribution < -0.4 is 5.32 Å². The monoisotopic (exact) mass is 330 g/mol. The van der Waals surface area contributed by atoms with Crippen LogP contribution in [-0.2, 0) is 0 Å². The molecule has 4 nitrogen and oxygen atoms in total. The number of benzene rings is 2. The molecule has 0 radical (unpaired) electrons. The summed E-state index contributed by atoms with van der Waals surface area (Å²) < 4.78 is 6.08. The first kappa shape index (κ1) is 12.9. The molecule has 0 fully saturated rings. The molecule has 0 aliphatic rings. The molecule has 3 aromatic rings. The number of amides is 1. The minimum absolute atomic E-state index is 0.208. The van der Waals surface area contributed by atoms with Gasteiger partial charge < -0.3 is 9.84 Å². The molecule has 1 N–H and O–H groups in total. The molecule has 1 aromatic heterocycles. The van der Waals surface area contributed by atoms with Gasteiger partial charge in [0.2, 0.25) is 0 Å². The molecule has 0 atom stereocenters. The molecule has 1 amide bonds. The highest BCUT2D eigenvalue weighted by Gasteiger charge is 2.12. The van der Waals surface area contributed by atoms with Crippen molar-refractivity contribution in [2.45, 2.75) is 6.92 Å². The lowest BCUT2D eigenvalue weighted by Crippen LogP contribution is -2.12. The lowest BCUT2D eigenvalue weighted by molar-refractivity contribution is 0.102. The molecule has 100 valence electrons. The number of hydrogen-bond acceptors (Lipinski definition) is 3. The number of aromatic nitrogens is 1. The van der Waals surface area contributed by atoms with Gasteiger partial charge in [-0.1, -0.05) is 38.8 Å². The van der Waals surface area contributed by atoms with Crippen molar-refractivity contribution < 1.29 is 9.32 Å². The smallest absolute Gasteiger partial charge is 0.256 e. The van der Waals surface area contributed by atoms with E-state index in [-0.39, 0.29) is 5.91 Å². The van der Waals surface area contributed by atoms with Crippen molar-refractivity contribution in [1.29, 1.82) is 0 Å². The number of carbonyl (C=O) groups excluding carboxylic acids is 1. The highest BCUT2D eigenvalue weighted by atomic mass is 79.9. The summed E-state index contributed by atoms with van der Waals surface area (Å²) in [6.45, 7) is 1.98. The Hall–Kier alpha value is -2.14. The number of nitrogens with zero attached hydrogens (tertiary/aromatic N) is 1. The van der Waals surface area contributed by atoms with Gasteiger partial charge in [-0.3, -0.25) is 4.79 Å². The minimum atomic E-state index is -0.208. The van der Waals surface area contributed by atoms with E-state index >= 15 is 0 Å². The summed E-state index contributed by atoms with van der Waals surface area (Å²) in [5.74, 6) is 0.215. The Morgan fingerprint density at radius 3 is 2.70 bits per heavy atom. The van der Waals surface area contributed by atoms with Gasteiger partial charge in [-0.05, 0) is 37.3 Å². The van der Waals surface area contributed by atoms with Crippen molar-refractivity contribution >= 4 is 38.6 Å². The van der Waals surface area contributed by atoms with Crippen LogP contribution in [0.3, 0.4) is 0 Å². The van der Waals surface area contributed by atoms with Crippen molar-refractivity contribution in [2.75, 3.05) is 5.32 Å². The largest absolute Gasteiger partial charge is 0.354 e. The second kappa shape index (κ2) is 5.09. The van der Waals surface area contributed by atoms with Crippen LogP contribution in [0.4, 0.5) is 5.82 Å². The number of rotatable bonds is 2. The van der Waals surface area contributed by atoms with Gasteiger partial charge in [0.1, 0.15) is 0 Å². The molecule has 1 heterocycles. The molecule has 0 spiro atoms. The number of halogens is 1. The first-order chi connectivity index (χ1) is 9.63. The molecule has 3 rings (SSSR count). The van der Waals surface area contributed by atoms with E-state index in [1.165, 1.54) is 0 Å². The van der Waals surface area contributed by atoms with E-state index in [4.69, 9.17) is 4.52 Å². The van der Waals surface area contributed by atoms with Gasteiger partial charge in [0, 0.05) is 10.0 Å². The Kier molecular flexibility index (Phi) is 3.28. The van der Waals surface area contributed by atoms with Gasteiger partial charge in [-0.2, -0.15) is 0 Å². The van der Waals surface area contributed by atoms with Gasteiger partial charge in [-0.15, -0.1) is 0 Å². The van der Waals surface area contributed by atoms with E-state index in [1.54, 1.807) is 18.2 Å². The van der Waals surface area contributed by atoms with Gasteiger partial charge in [0.25, 0.3) is 5.91 Å². The predicted octanol–water partition coefficient (Wildman–Crippen LogP) is 4.15. The van der Waals surface area contributed by atoms with Crippen LogP contribution in [0.5, 0.6) is 0 Å². The van der Waals surface area contributed by atoms with Crippen molar-refractivity contribution in [2.24, 2.45) is 0 Å². The maximum Gasteiger partial charge on any atom is 0.256 e. The topological polar surface area (TPSA) is 55.1 Å². The first-order valence-corrected chi connectivity index (χ1v) is 6.86. The molecule has 0 bridgehead atoms. The number of carbonyl (C=O) groups is 1. The quantitative estimate of drug-likeness (QED) is 0.767. The average Bonchev–Trinajstić information content (AvgIpc) is 2.82. The van der Waals surface area contributed by atoms with E-state index in [0.29, 0.717) is 17.0 Å². The zero-order chi connectivity index (χ0) is 14.1. The fourth-order valence-electron chi connectivity index (χ4n) is 1.89. The lowest BCUT2D eigenvalue weighted by atomic mass is 10.1. The van der Waals surface area contributed by atoms with Crippen molar-refractivity contribution in [3.8, 4) is 0 Å². The Balaban J connectivity index is 1.91. The summed E-state index contributed by atoms with van der Waals surface area (Å²) in [5, 5.41) is 7.42. The van der Waals surface area contributed by atoms with E-state index in [0.717, 1.165) is 15.4 Å². The van der Waals surface area contributed by atoms with Gasteiger partial charge >= 0.3 is 0 Å². The zero-order valence-corrected chi connectivity index (χ0v) is 12.3. The third-order valence-corrected chi connectivity index (χ3v) is 3.47. The third kappa shape index (κ3) is 2.44. The summed E-state index contributed by atoms with van der Waals surface area (Å²) in [6, 6.07) is 12.9. The fourth-order valence-corrected chi connectivity index (χ4v) is 2.25. The SMILES string of the molecule is Cc1ccc(C(=O)Nc2noc3ccc(Br)cc23)cc1. The van der Waals surface area contributed by atoms with Gasteiger partial charge in [-0.25, -0.2) is 0 Å². The molecule has 0 aliphatic heterocycles. The number of anilines is 1. The van der Waals surface area contributed by atoms with E-state index in [2.05, 4.69) is 26.4 Å². The van der Waals surface area contributed by atoms with Crippen LogP contribution in [-0.4, -0.2) is 11.1 Å². The lowest BCUT2D eigenvalue weighted by Gasteiger charge is -2.02. The predicted molar refractivity (Wildman–Crippen MR) is 80.8 cm³/mol. The zero-order valence-electron chi connectivity index (χ0n) is 10.7. The molecular formula is C15H11BrN2O2. The Morgan fingerprint density at radius 2 is 1.95 bits per heavy atom. The molecule has 20 heavy (non-hydrogen) atoms. The van der Waals surface area contributed by atoms with Gasteiger partial charge in [0.05, 0.1) is 5.39 Å². The molecule has 5 heteroatoms. The molecule has 0 saturated carbocycles. The van der Waals surface area contributed by atoms with Crippen molar-refractivity contribution in [1.82, 2.24) is 5.16 Å². The standard InChI is InChI=1S/C15H11BrN2O2/c1-9-2-4-10(5-3-9)15(19)17-14-12-8-11(16)6-7-13(12)20-18-14/h2-8H,1H3,(H,17,18,19). The molecule has 0 aliphatic carbocycles. The second-order valence-corrected chi connectivity index (χ2v) is 5.41. The highest BCUT2D eigenvalue weighted by Crippen LogP contribution is 2.26. The fraction of sp³-hybridized carbons (Fsp3) is 0.0667. The Labute approximate surface area is 123 Å². The molecule has 2 aromatic carbocycles. The summed E-state index contributed by atoms with van der Waals surface area (Å²) in [5.41, 5.74) is 2.33. The molecule has 0 saturated heterocycles. The van der Waals surface area contributed by atoms with Gasteiger partial charge in [0.15, 0.2) is 11.4 Å². The second-order valence-electron chi connectivity index (χ2n) is 4.49. The summed E-state index contributed by atoms with van der Waals surface area (Å²) in [7, 11) is 0. The third-order valence-electron chi connectivity index (χ3n) is 2.98.